The molecule has 0 aliphatic carbocycles. The fourth-order valence-electron chi connectivity index (χ4n) is 5.15. The summed E-state index contributed by atoms with van der Waals surface area (Å²) < 4.78 is 0. The van der Waals surface area contributed by atoms with Gasteiger partial charge in [-0.25, -0.2) is 4.98 Å². The Balaban J connectivity index is 1.26. The lowest BCUT2D eigenvalue weighted by molar-refractivity contribution is 0.0940. The third-order valence-corrected chi connectivity index (χ3v) is 7.20. The summed E-state index contributed by atoms with van der Waals surface area (Å²) >= 11 is 0. The molecule has 1 fully saturated rings. The van der Waals surface area contributed by atoms with E-state index in [1.165, 1.54) is 5.69 Å². The number of piperazine rings is 1. The Kier molecular flexibility index (Phi) is 5.04. The Labute approximate surface area is 205 Å². The van der Waals surface area contributed by atoms with Crippen LogP contribution in [0.5, 0.6) is 0 Å². The van der Waals surface area contributed by atoms with Gasteiger partial charge in [-0.05, 0) is 74.5 Å². The second kappa shape index (κ2) is 8.13. The molecule has 7 nitrogen and oxygen atoms in total. The molecule has 2 aliphatic rings. The van der Waals surface area contributed by atoms with Crippen molar-refractivity contribution in [1.29, 1.82) is 0 Å². The quantitative estimate of drug-likeness (QED) is 0.406. The molecule has 3 N–H and O–H groups in total. The molecule has 0 unspecified atom stereocenters. The number of amides is 1. The number of nitrogens with zero attached hydrogens (tertiary/aromatic N) is 3. The number of carbonyl (C=O) groups excluding carboxylic acids is 1. The standard InChI is InChI=1S/C28H30N6O/c1-28(2)24-15-18(7-8-22(24)27(35)32-28)23-17-29-26-21(23)9-10-25(31-26)30-19-5-4-6-20(16-19)34-13-11-33(3)12-14-34/h4-10,15-17H,11-14H2,1-3H3,(H,32,35)(H2,29,30,31). The van der Waals surface area contributed by atoms with Crippen molar-refractivity contribution < 1.29 is 4.79 Å². The zero-order chi connectivity index (χ0) is 24.2. The second-order valence-electron chi connectivity index (χ2n) is 10.1. The van der Waals surface area contributed by atoms with Gasteiger partial charge in [0.25, 0.3) is 5.91 Å². The van der Waals surface area contributed by atoms with Gasteiger partial charge in [-0.3, -0.25) is 4.79 Å². The molecular weight excluding hydrogens is 436 g/mol. The summed E-state index contributed by atoms with van der Waals surface area (Å²) in [5.74, 6) is 0.788. The smallest absolute Gasteiger partial charge is 0.252 e. The first-order chi connectivity index (χ1) is 16.9. The predicted molar refractivity (Wildman–Crippen MR) is 141 cm³/mol. The van der Waals surface area contributed by atoms with Crippen molar-refractivity contribution in [2.75, 3.05) is 43.4 Å². The van der Waals surface area contributed by atoms with Gasteiger partial charge in [0.05, 0.1) is 5.54 Å². The number of fused-ring (bicyclic) bond motifs is 2. The maximum absolute atomic E-state index is 12.3. The molecule has 1 amide bonds. The van der Waals surface area contributed by atoms with Gasteiger partial charge in [0.1, 0.15) is 11.5 Å². The van der Waals surface area contributed by atoms with Crippen molar-refractivity contribution in [3.63, 3.8) is 0 Å². The summed E-state index contributed by atoms with van der Waals surface area (Å²) in [6, 6.07) is 18.7. The van der Waals surface area contributed by atoms with Gasteiger partial charge >= 0.3 is 0 Å². The average molecular weight is 467 g/mol. The molecule has 0 atom stereocenters. The lowest BCUT2D eigenvalue weighted by Crippen LogP contribution is -2.44. The van der Waals surface area contributed by atoms with Crippen LogP contribution in [0, 0.1) is 0 Å². The van der Waals surface area contributed by atoms with Crippen molar-refractivity contribution in [2.45, 2.75) is 19.4 Å². The van der Waals surface area contributed by atoms with E-state index in [1.54, 1.807) is 0 Å². The Bertz CT molecular complexity index is 1430. The summed E-state index contributed by atoms with van der Waals surface area (Å²) in [5, 5.41) is 7.57. The Morgan fingerprint density at radius 1 is 0.971 bits per heavy atom. The van der Waals surface area contributed by atoms with Crippen LogP contribution >= 0.6 is 0 Å². The molecule has 0 saturated carbocycles. The van der Waals surface area contributed by atoms with Crippen LogP contribution in [0.3, 0.4) is 0 Å². The highest BCUT2D eigenvalue weighted by Crippen LogP contribution is 2.36. The highest BCUT2D eigenvalue weighted by atomic mass is 16.2. The summed E-state index contributed by atoms with van der Waals surface area (Å²) in [4.78, 5) is 25.2. The molecule has 35 heavy (non-hydrogen) atoms. The number of aromatic amines is 1. The highest BCUT2D eigenvalue weighted by molar-refractivity contribution is 6.01. The Morgan fingerprint density at radius 3 is 2.63 bits per heavy atom. The molecule has 2 aliphatic heterocycles. The number of pyridine rings is 1. The number of rotatable bonds is 4. The molecule has 2 aromatic carbocycles. The first kappa shape index (κ1) is 21.7. The number of carbonyl (C=O) groups is 1. The monoisotopic (exact) mass is 466 g/mol. The number of H-pyrrole nitrogens is 1. The lowest BCUT2D eigenvalue weighted by atomic mass is 9.91. The molecule has 4 heterocycles. The number of hydrogen-bond acceptors (Lipinski definition) is 5. The van der Waals surface area contributed by atoms with Crippen molar-refractivity contribution >= 4 is 34.1 Å². The summed E-state index contributed by atoms with van der Waals surface area (Å²) in [5.41, 5.74) is 6.65. The van der Waals surface area contributed by atoms with E-state index in [0.29, 0.717) is 0 Å². The molecule has 0 radical (unpaired) electrons. The summed E-state index contributed by atoms with van der Waals surface area (Å²) in [6.45, 7) is 8.32. The fourth-order valence-corrected chi connectivity index (χ4v) is 5.15. The van der Waals surface area contributed by atoms with Gasteiger partial charge in [0, 0.05) is 60.3 Å². The first-order valence-electron chi connectivity index (χ1n) is 12.1. The zero-order valence-electron chi connectivity index (χ0n) is 20.4. The summed E-state index contributed by atoms with van der Waals surface area (Å²) in [6.07, 6.45) is 1.99. The molecule has 178 valence electrons. The first-order valence-corrected chi connectivity index (χ1v) is 12.1. The number of hydrogen-bond donors (Lipinski definition) is 3. The predicted octanol–water partition coefficient (Wildman–Crippen LogP) is 4.70. The van der Waals surface area contributed by atoms with Crippen molar-refractivity contribution in [1.82, 2.24) is 20.2 Å². The van der Waals surface area contributed by atoms with E-state index in [4.69, 9.17) is 4.98 Å². The Hall–Kier alpha value is -3.84. The van der Waals surface area contributed by atoms with E-state index in [0.717, 1.165) is 71.0 Å². The number of aromatic nitrogens is 2. The second-order valence-corrected chi connectivity index (χ2v) is 10.1. The third kappa shape index (κ3) is 3.91. The van der Waals surface area contributed by atoms with Crippen LogP contribution in [0.2, 0.25) is 0 Å². The summed E-state index contributed by atoms with van der Waals surface area (Å²) in [7, 11) is 2.17. The van der Waals surface area contributed by atoms with Gasteiger partial charge in [0.2, 0.25) is 0 Å². The van der Waals surface area contributed by atoms with Crippen LogP contribution in [-0.2, 0) is 5.54 Å². The number of anilines is 3. The zero-order valence-corrected chi connectivity index (χ0v) is 20.4. The minimum absolute atomic E-state index is 0.00967. The molecule has 7 heteroatoms. The van der Waals surface area contributed by atoms with E-state index < -0.39 is 0 Å². The van der Waals surface area contributed by atoms with Crippen molar-refractivity contribution in [2.24, 2.45) is 0 Å². The van der Waals surface area contributed by atoms with Gasteiger partial charge in [-0.15, -0.1) is 0 Å². The van der Waals surface area contributed by atoms with Gasteiger partial charge < -0.3 is 25.4 Å². The van der Waals surface area contributed by atoms with Crippen molar-refractivity contribution in [3.8, 4) is 11.1 Å². The van der Waals surface area contributed by atoms with Gasteiger partial charge in [-0.1, -0.05) is 12.1 Å². The molecule has 6 rings (SSSR count). The maximum Gasteiger partial charge on any atom is 0.252 e. The molecule has 4 aromatic rings. The highest BCUT2D eigenvalue weighted by Gasteiger charge is 2.35. The van der Waals surface area contributed by atoms with Gasteiger partial charge in [0.15, 0.2) is 0 Å². The van der Waals surface area contributed by atoms with E-state index in [2.05, 4.69) is 68.9 Å². The van der Waals surface area contributed by atoms with Crippen LogP contribution in [0.25, 0.3) is 22.2 Å². The maximum atomic E-state index is 12.3. The van der Waals surface area contributed by atoms with E-state index >= 15 is 0 Å². The van der Waals surface area contributed by atoms with Crippen LogP contribution in [0.15, 0.2) is 60.8 Å². The molecule has 0 spiro atoms. The number of likely N-dealkylation sites (N-methyl/N-ethyl adjacent to an activating group) is 1. The van der Waals surface area contributed by atoms with Crippen molar-refractivity contribution in [3.05, 3.63) is 71.9 Å². The molecular formula is C28H30N6O. The third-order valence-electron chi connectivity index (χ3n) is 7.20. The van der Waals surface area contributed by atoms with Crippen LogP contribution in [-0.4, -0.2) is 54.0 Å². The van der Waals surface area contributed by atoms with Crippen LogP contribution < -0.4 is 15.5 Å². The molecule has 1 saturated heterocycles. The van der Waals surface area contributed by atoms with Crippen LogP contribution in [0.4, 0.5) is 17.2 Å². The minimum atomic E-state index is -0.372. The minimum Gasteiger partial charge on any atom is -0.369 e. The number of nitrogens with one attached hydrogen (secondary N) is 3. The largest absolute Gasteiger partial charge is 0.369 e. The van der Waals surface area contributed by atoms with E-state index in [-0.39, 0.29) is 11.4 Å². The van der Waals surface area contributed by atoms with E-state index in [1.807, 2.05) is 38.2 Å². The fraction of sp³-hybridized carbons (Fsp3) is 0.286. The van der Waals surface area contributed by atoms with Crippen LogP contribution in [0.1, 0.15) is 29.8 Å². The normalized spacial score (nSPS) is 17.5. The lowest BCUT2D eigenvalue weighted by Gasteiger charge is -2.34. The SMILES string of the molecule is CN1CCN(c2cccc(Nc3ccc4c(-c5ccc6c(c5)C(C)(C)NC6=O)c[nH]c4n3)c2)CC1. The average Bonchev–Trinajstić information content (AvgIpc) is 3.37. The Morgan fingerprint density at radius 2 is 1.80 bits per heavy atom. The van der Waals surface area contributed by atoms with E-state index in [9.17, 15) is 4.79 Å². The molecule has 2 aromatic heterocycles. The molecule has 0 bridgehead atoms. The van der Waals surface area contributed by atoms with Gasteiger partial charge in [-0.2, -0.15) is 0 Å². The number of benzene rings is 2. The topological polar surface area (TPSA) is 76.3 Å².